The van der Waals surface area contributed by atoms with Crippen LogP contribution in [-0.2, 0) is 6.11 Å². The monoisotopic (exact) mass is 492 g/mol. The lowest BCUT2D eigenvalue weighted by Crippen LogP contribution is -2.26. The average molecular weight is 492 g/mol. The van der Waals surface area contributed by atoms with Crippen molar-refractivity contribution in [3.8, 4) is 5.75 Å². The molecule has 0 bridgehead atoms. The summed E-state index contributed by atoms with van der Waals surface area (Å²) >= 11 is 0. The van der Waals surface area contributed by atoms with Gasteiger partial charge in [0, 0.05) is 12.1 Å². The van der Waals surface area contributed by atoms with Crippen LogP contribution in [0.1, 0.15) is 80.4 Å². The van der Waals surface area contributed by atoms with Crippen LogP contribution < -0.4 is 4.74 Å². The zero-order valence-corrected chi connectivity index (χ0v) is 18.2. The second kappa shape index (κ2) is 9.74. The Morgan fingerprint density at radius 3 is 1.71 bits per heavy atom. The van der Waals surface area contributed by atoms with Gasteiger partial charge in [0.2, 0.25) is 0 Å². The Labute approximate surface area is 192 Å². The minimum absolute atomic E-state index is 0.117. The van der Waals surface area contributed by atoms with E-state index in [2.05, 4.69) is 4.74 Å². The van der Waals surface area contributed by atoms with Crippen LogP contribution in [0.25, 0.3) is 0 Å². The molecule has 9 heteroatoms. The van der Waals surface area contributed by atoms with Crippen LogP contribution in [0.3, 0.4) is 0 Å². The van der Waals surface area contributed by atoms with Gasteiger partial charge in [0.1, 0.15) is 34.6 Å². The van der Waals surface area contributed by atoms with Gasteiger partial charge in [-0.05, 0) is 61.1 Å². The summed E-state index contributed by atoms with van der Waals surface area (Å²) < 4.78 is 115. The predicted octanol–water partition coefficient (Wildman–Crippen LogP) is 8.77. The van der Waals surface area contributed by atoms with Crippen molar-refractivity contribution in [1.82, 2.24) is 0 Å². The first-order valence-electron chi connectivity index (χ1n) is 11.4. The second-order valence-corrected chi connectivity index (χ2v) is 9.24. The van der Waals surface area contributed by atoms with Gasteiger partial charge in [-0.25, -0.2) is 26.3 Å². The highest BCUT2D eigenvalue weighted by Gasteiger charge is 2.42. The van der Waals surface area contributed by atoms with Gasteiger partial charge in [-0.3, -0.25) is 0 Å². The third-order valence-electron chi connectivity index (χ3n) is 7.18. The van der Waals surface area contributed by atoms with Crippen molar-refractivity contribution < 1.29 is 39.9 Å². The summed E-state index contributed by atoms with van der Waals surface area (Å²) in [6.45, 7) is 0. The maximum atomic E-state index is 14.7. The molecule has 2 saturated carbocycles. The van der Waals surface area contributed by atoms with Crippen LogP contribution in [0.4, 0.5) is 35.1 Å². The minimum Gasteiger partial charge on any atom is -0.429 e. The number of alkyl halides is 4. The van der Waals surface area contributed by atoms with E-state index in [-0.39, 0.29) is 23.6 Å². The topological polar surface area (TPSA) is 9.23 Å². The molecule has 0 amide bonds. The quantitative estimate of drug-likeness (QED) is 0.366. The summed E-state index contributed by atoms with van der Waals surface area (Å²) in [5.41, 5.74) is -3.05. The molecule has 2 fully saturated rings. The molecule has 0 unspecified atom stereocenters. The summed E-state index contributed by atoms with van der Waals surface area (Å²) in [5, 5.41) is 0. The maximum absolute atomic E-state index is 14.7. The van der Waals surface area contributed by atoms with Crippen molar-refractivity contribution in [1.29, 1.82) is 0 Å². The summed E-state index contributed by atoms with van der Waals surface area (Å²) in [6, 6.07) is 1.92. The lowest BCUT2D eigenvalue weighted by molar-refractivity contribution is -0.189. The van der Waals surface area contributed by atoms with Crippen molar-refractivity contribution in [3.05, 3.63) is 64.2 Å². The molecule has 0 spiro atoms. The molecule has 0 atom stereocenters. The third-order valence-corrected chi connectivity index (χ3v) is 7.18. The molecule has 4 rings (SSSR count). The summed E-state index contributed by atoms with van der Waals surface area (Å²) in [7, 11) is 0. The Morgan fingerprint density at radius 1 is 0.706 bits per heavy atom. The Kier molecular flexibility index (Phi) is 7.10. The fourth-order valence-corrected chi connectivity index (χ4v) is 5.49. The van der Waals surface area contributed by atoms with E-state index in [1.165, 1.54) is 25.7 Å². The van der Waals surface area contributed by atoms with E-state index in [4.69, 9.17) is 0 Å². The zero-order valence-electron chi connectivity index (χ0n) is 18.2. The SMILES string of the molecule is Fc1cc(OC(F)(F)c2c(F)cc(C3CCC(C4CCCC4)CC3)cc2F)cc(F)c1C(F)F. The van der Waals surface area contributed by atoms with Crippen LogP contribution in [0, 0.1) is 35.1 Å². The van der Waals surface area contributed by atoms with E-state index >= 15 is 0 Å². The van der Waals surface area contributed by atoms with E-state index in [1.807, 2.05) is 0 Å². The van der Waals surface area contributed by atoms with Gasteiger partial charge in [-0.15, -0.1) is 0 Å². The van der Waals surface area contributed by atoms with Gasteiger partial charge in [0.05, 0.1) is 5.56 Å². The Balaban J connectivity index is 1.51. The van der Waals surface area contributed by atoms with Crippen LogP contribution in [0.15, 0.2) is 24.3 Å². The highest BCUT2D eigenvalue weighted by atomic mass is 19.3. The zero-order chi connectivity index (χ0) is 24.6. The first-order valence-corrected chi connectivity index (χ1v) is 11.4. The Bertz CT molecular complexity index is 978. The summed E-state index contributed by atoms with van der Waals surface area (Å²) in [4.78, 5) is 0. The number of hydrogen-bond donors (Lipinski definition) is 0. The van der Waals surface area contributed by atoms with E-state index in [0.717, 1.165) is 25.0 Å². The molecule has 2 aliphatic carbocycles. The fourth-order valence-electron chi connectivity index (χ4n) is 5.49. The number of hydrogen-bond acceptors (Lipinski definition) is 1. The van der Waals surface area contributed by atoms with Crippen molar-refractivity contribution >= 4 is 0 Å². The van der Waals surface area contributed by atoms with Crippen LogP contribution in [-0.4, -0.2) is 0 Å². The molecule has 0 heterocycles. The van der Waals surface area contributed by atoms with Crippen molar-refractivity contribution in [2.45, 2.75) is 69.8 Å². The number of benzene rings is 2. The molecular weight excluding hydrogens is 468 g/mol. The van der Waals surface area contributed by atoms with E-state index in [1.54, 1.807) is 0 Å². The molecule has 34 heavy (non-hydrogen) atoms. The largest absolute Gasteiger partial charge is 0.432 e. The van der Waals surface area contributed by atoms with Gasteiger partial charge < -0.3 is 4.74 Å². The Morgan fingerprint density at radius 2 is 1.21 bits per heavy atom. The lowest BCUT2D eigenvalue weighted by atomic mass is 9.73. The van der Waals surface area contributed by atoms with Gasteiger partial charge in [0.25, 0.3) is 6.43 Å². The summed E-state index contributed by atoms with van der Waals surface area (Å²) in [5.74, 6) is -6.80. The molecule has 1 nitrogen and oxygen atoms in total. The van der Waals surface area contributed by atoms with Crippen molar-refractivity contribution in [2.24, 2.45) is 11.8 Å². The minimum atomic E-state index is -4.64. The van der Waals surface area contributed by atoms with Gasteiger partial charge in [-0.2, -0.15) is 8.78 Å². The number of halogens is 8. The van der Waals surface area contributed by atoms with E-state index < -0.39 is 52.7 Å². The average Bonchev–Trinajstić information content (AvgIpc) is 3.27. The van der Waals surface area contributed by atoms with Gasteiger partial charge in [0.15, 0.2) is 0 Å². The molecule has 0 saturated heterocycles. The molecule has 186 valence electrons. The second-order valence-electron chi connectivity index (χ2n) is 9.24. The number of rotatable bonds is 6. The maximum Gasteiger partial charge on any atom is 0.432 e. The smallest absolute Gasteiger partial charge is 0.429 e. The lowest BCUT2D eigenvalue weighted by Gasteiger charge is -2.32. The van der Waals surface area contributed by atoms with Gasteiger partial charge >= 0.3 is 6.11 Å². The highest BCUT2D eigenvalue weighted by Crippen LogP contribution is 2.45. The van der Waals surface area contributed by atoms with Crippen LogP contribution in [0.5, 0.6) is 5.75 Å². The van der Waals surface area contributed by atoms with E-state index in [9.17, 15) is 35.1 Å². The molecule has 0 N–H and O–H groups in total. The Hall–Kier alpha value is -2.32. The first-order chi connectivity index (χ1) is 16.1. The third kappa shape index (κ3) is 5.03. The molecule has 0 aromatic heterocycles. The molecule has 0 aliphatic heterocycles. The fraction of sp³-hybridized carbons (Fsp3) is 0.520. The van der Waals surface area contributed by atoms with Gasteiger partial charge in [-0.1, -0.05) is 25.7 Å². The first kappa shape index (κ1) is 24.8. The molecule has 2 aromatic carbocycles. The molecule has 0 radical (unpaired) electrons. The van der Waals surface area contributed by atoms with Crippen LogP contribution in [0.2, 0.25) is 0 Å². The summed E-state index contributed by atoms with van der Waals surface area (Å²) in [6.07, 6.45) is -0.0207. The number of ether oxygens (including phenoxy) is 1. The van der Waals surface area contributed by atoms with E-state index in [0.29, 0.717) is 24.7 Å². The predicted molar refractivity (Wildman–Crippen MR) is 109 cm³/mol. The normalized spacial score (nSPS) is 21.9. The molecule has 2 aliphatic rings. The molecule has 2 aromatic rings. The standard InChI is InChI=1S/C25H24F8O/c26-18-11-17(12-19(27)22(18)24(30)31)34-25(32,33)23-20(28)9-16(10-21(23)29)15-7-5-14(6-8-15)13-3-1-2-4-13/h9-15,24H,1-8H2. The molecular formula is C25H24F8O. The van der Waals surface area contributed by atoms with Crippen molar-refractivity contribution in [2.75, 3.05) is 0 Å². The highest BCUT2D eigenvalue weighted by molar-refractivity contribution is 5.34. The van der Waals surface area contributed by atoms with Crippen molar-refractivity contribution in [3.63, 3.8) is 0 Å². The van der Waals surface area contributed by atoms with Crippen LogP contribution >= 0.6 is 0 Å².